The molecule has 0 heterocycles. The SMILES string of the molecule is COc1ccc(OC(F)(F)C(F)(F)C(=O)O)cc1. The van der Waals surface area contributed by atoms with Gasteiger partial charge in [0.2, 0.25) is 0 Å². The molecule has 0 saturated carbocycles. The minimum atomic E-state index is -5.33. The molecule has 0 radical (unpaired) electrons. The maximum absolute atomic E-state index is 12.9. The minimum Gasteiger partial charge on any atom is -0.497 e. The van der Waals surface area contributed by atoms with Crippen LogP contribution in [-0.4, -0.2) is 30.2 Å². The Bertz CT molecular complexity index is 430. The zero-order chi connectivity index (χ0) is 14.0. The molecule has 18 heavy (non-hydrogen) atoms. The van der Waals surface area contributed by atoms with Crippen molar-refractivity contribution in [2.45, 2.75) is 12.0 Å². The van der Waals surface area contributed by atoms with Crippen molar-refractivity contribution in [3.63, 3.8) is 0 Å². The normalized spacial score (nSPS) is 12.1. The van der Waals surface area contributed by atoms with E-state index in [-0.39, 0.29) is 0 Å². The molecule has 0 amide bonds. The Balaban J connectivity index is 2.91. The molecule has 0 aliphatic heterocycles. The van der Waals surface area contributed by atoms with E-state index in [1.54, 1.807) is 0 Å². The van der Waals surface area contributed by atoms with Crippen molar-refractivity contribution in [3.05, 3.63) is 24.3 Å². The second-order valence-electron chi connectivity index (χ2n) is 3.17. The zero-order valence-corrected chi connectivity index (χ0v) is 8.99. The van der Waals surface area contributed by atoms with Gasteiger partial charge in [-0.15, -0.1) is 0 Å². The molecule has 0 aliphatic rings. The molecule has 8 heteroatoms. The number of ether oxygens (including phenoxy) is 2. The fraction of sp³-hybridized carbons (Fsp3) is 0.300. The number of halogens is 4. The zero-order valence-electron chi connectivity index (χ0n) is 8.99. The molecule has 0 unspecified atom stereocenters. The first-order chi connectivity index (χ1) is 8.20. The van der Waals surface area contributed by atoms with Crippen LogP contribution in [0.4, 0.5) is 17.6 Å². The first kappa shape index (κ1) is 14.1. The Labute approximate surface area is 98.7 Å². The summed E-state index contributed by atoms with van der Waals surface area (Å²) in [5, 5.41) is 8.01. The van der Waals surface area contributed by atoms with Crippen LogP contribution in [0, 0.1) is 0 Å². The Hall–Kier alpha value is -1.99. The van der Waals surface area contributed by atoms with E-state index in [0.717, 1.165) is 12.1 Å². The summed E-state index contributed by atoms with van der Waals surface area (Å²) in [7, 11) is 1.32. The number of methoxy groups -OCH3 is 1. The predicted molar refractivity (Wildman–Crippen MR) is 51.2 cm³/mol. The van der Waals surface area contributed by atoms with Crippen LogP contribution in [-0.2, 0) is 4.79 Å². The van der Waals surface area contributed by atoms with E-state index in [4.69, 9.17) is 9.84 Å². The first-order valence-electron chi connectivity index (χ1n) is 4.53. The topological polar surface area (TPSA) is 55.8 Å². The van der Waals surface area contributed by atoms with Crippen molar-refractivity contribution in [2.24, 2.45) is 0 Å². The van der Waals surface area contributed by atoms with Gasteiger partial charge in [-0.3, -0.25) is 0 Å². The largest absolute Gasteiger partial charge is 0.497 e. The summed E-state index contributed by atoms with van der Waals surface area (Å²) in [6.45, 7) is 0. The molecule has 1 aromatic rings. The number of alkyl halides is 4. The van der Waals surface area contributed by atoms with E-state index in [0.29, 0.717) is 5.75 Å². The van der Waals surface area contributed by atoms with Crippen LogP contribution in [0.2, 0.25) is 0 Å². The summed E-state index contributed by atoms with van der Waals surface area (Å²) >= 11 is 0. The average Bonchev–Trinajstić information content (AvgIpc) is 2.29. The summed E-state index contributed by atoms with van der Waals surface area (Å²) in [5.74, 6) is -8.61. The summed E-state index contributed by atoms with van der Waals surface area (Å²) in [6, 6.07) is 4.30. The van der Waals surface area contributed by atoms with Crippen LogP contribution in [0.15, 0.2) is 24.3 Å². The van der Waals surface area contributed by atoms with Crippen molar-refractivity contribution in [1.82, 2.24) is 0 Å². The van der Waals surface area contributed by atoms with E-state index in [1.165, 1.54) is 19.2 Å². The molecule has 0 aliphatic carbocycles. The van der Waals surface area contributed by atoms with E-state index in [2.05, 4.69) is 4.74 Å². The van der Waals surface area contributed by atoms with Gasteiger partial charge >= 0.3 is 18.0 Å². The number of rotatable bonds is 5. The van der Waals surface area contributed by atoms with Gasteiger partial charge in [0.05, 0.1) is 7.11 Å². The molecule has 0 spiro atoms. The van der Waals surface area contributed by atoms with Gasteiger partial charge in [0.1, 0.15) is 11.5 Å². The third-order valence-electron chi connectivity index (χ3n) is 1.94. The highest BCUT2D eigenvalue weighted by atomic mass is 19.3. The molecule has 1 aromatic carbocycles. The summed E-state index contributed by atoms with van der Waals surface area (Å²) in [6.07, 6.45) is -5.16. The van der Waals surface area contributed by atoms with Gasteiger partial charge in [-0.2, -0.15) is 17.6 Å². The van der Waals surface area contributed by atoms with Gasteiger partial charge in [-0.25, -0.2) is 4.79 Å². The molecule has 0 aromatic heterocycles. The summed E-state index contributed by atoms with van der Waals surface area (Å²) in [5.41, 5.74) is 0. The highest BCUT2D eigenvalue weighted by molar-refractivity contribution is 5.76. The van der Waals surface area contributed by atoms with Gasteiger partial charge in [0, 0.05) is 0 Å². The van der Waals surface area contributed by atoms with E-state index >= 15 is 0 Å². The Morgan fingerprint density at radius 1 is 1.11 bits per heavy atom. The minimum absolute atomic E-state index is 0.302. The third-order valence-corrected chi connectivity index (χ3v) is 1.94. The van der Waals surface area contributed by atoms with E-state index in [1.807, 2.05) is 0 Å². The quantitative estimate of drug-likeness (QED) is 0.833. The molecule has 1 rings (SSSR count). The number of carboxylic acids is 1. The van der Waals surface area contributed by atoms with Crippen LogP contribution in [0.1, 0.15) is 0 Å². The molecule has 0 atom stereocenters. The standard InChI is InChI=1S/C10H8F4O4/c1-17-6-2-4-7(5-3-6)18-10(13,14)9(11,12)8(15)16/h2-5H,1H3,(H,15,16). The maximum Gasteiger partial charge on any atom is 0.476 e. The Morgan fingerprint density at radius 2 is 1.56 bits per heavy atom. The number of hydrogen-bond donors (Lipinski definition) is 1. The predicted octanol–water partition coefficient (Wildman–Crippen LogP) is 2.39. The molecule has 0 bridgehead atoms. The smallest absolute Gasteiger partial charge is 0.476 e. The van der Waals surface area contributed by atoms with Crippen molar-refractivity contribution < 1.29 is 36.9 Å². The van der Waals surface area contributed by atoms with Gasteiger partial charge in [-0.05, 0) is 24.3 Å². The first-order valence-corrected chi connectivity index (χ1v) is 4.53. The fourth-order valence-electron chi connectivity index (χ4n) is 0.980. The maximum atomic E-state index is 12.9. The number of carbonyl (C=O) groups is 1. The molecule has 0 saturated heterocycles. The van der Waals surface area contributed by atoms with Crippen LogP contribution >= 0.6 is 0 Å². The van der Waals surface area contributed by atoms with Crippen molar-refractivity contribution >= 4 is 5.97 Å². The lowest BCUT2D eigenvalue weighted by atomic mass is 10.3. The van der Waals surface area contributed by atoms with Gasteiger partial charge in [0.15, 0.2) is 0 Å². The monoisotopic (exact) mass is 268 g/mol. The second kappa shape index (κ2) is 4.71. The Morgan fingerprint density at radius 3 is 1.94 bits per heavy atom. The summed E-state index contributed by atoms with van der Waals surface area (Å²) < 4.78 is 59.6. The van der Waals surface area contributed by atoms with Gasteiger partial charge in [0.25, 0.3) is 0 Å². The number of benzene rings is 1. The average molecular weight is 268 g/mol. The highest BCUT2D eigenvalue weighted by Crippen LogP contribution is 2.36. The molecule has 100 valence electrons. The van der Waals surface area contributed by atoms with Gasteiger partial charge < -0.3 is 14.6 Å². The molecule has 1 N–H and O–H groups in total. The molecule has 0 fully saturated rings. The van der Waals surface area contributed by atoms with Crippen LogP contribution in [0.5, 0.6) is 11.5 Å². The lowest BCUT2D eigenvalue weighted by Gasteiger charge is -2.23. The van der Waals surface area contributed by atoms with Gasteiger partial charge in [-0.1, -0.05) is 0 Å². The number of hydrogen-bond acceptors (Lipinski definition) is 3. The van der Waals surface area contributed by atoms with Crippen molar-refractivity contribution in [3.8, 4) is 11.5 Å². The second-order valence-corrected chi connectivity index (χ2v) is 3.17. The lowest BCUT2D eigenvalue weighted by Crippen LogP contribution is -2.50. The van der Waals surface area contributed by atoms with E-state index < -0.39 is 23.7 Å². The lowest BCUT2D eigenvalue weighted by molar-refractivity contribution is -0.301. The van der Waals surface area contributed by atoms with E-state index in [9.17, 15) is 22.4 Å². The number of aliphatic carboxylic acids is 1. The van der Waals surface area contributed by atoms with Crippen LogP contribution < -0.4 is 9.47 Å². The summed E-state index contributed by atoms with van der Waals surface area (Å²) in [4.78, 5) is 10.0. The molecular formula is C10H8F4O4. The van der Waals surface area contributed by atoms with Crippen LogP contribution in [0.25, 0.3) is 0 Å². The van der Waals surface area contributed by atoms with Crippen LogP contribution in [0.3, 0.4) is 0 Å². The Kier molecular flexibility index (Phi) is 3.68. The van der Waals surface area contributed by atoms with Crippen molar-refractivity contribution in [1.29, 1.82) is 0 Å². The third kappa shape index (κ3) is 2.63. The highest BCUT2D eigenvalue weighted by Gasteiger charge is 2.65. The van der Waals surface area contributed by atoms with Crippen molar-refractivity contribution in [2.75, 3.05) is 7.11 Å². The fourth-order valence-corrected chi connectivity index (χ4v) is 0.980. The molecule has 4 nitrogen and oxygen atoms in total. The molecular weight excluding hydrogens is 260 g/mol. The number of carboxylic acid groups (broad SMARTS) is 1.